The highest BCUT2D eigenvalue weighted by atomic mass is 19.1. The van der Waals surface area contributed by atoms with Crippen LogP contribution in [0, 0.1) is 12.7 Å². The second-order valence-electron chi connectivity index (χ2n) is 7.33. The van der Waals surface area contributed by atoms with Crippen LogP contribution in [0.3, 0.4) is 0 Å². The maximum Gasteiger partial charge on any atom is 0.278 e. The van der Waals surface area contributed by atoms with E-state index in [0.717, 1.165) is 11.3 Å². The summed E-state index contributed by atoms with van der Waals surface area (Å²) in [5.41, 5.74) is 3.23. The van der Waals surface area contributed by atoms with E-state index in [0.29, 0.717) is 28.3 Å². The Labute approximate surface area is 188 Å². The van der Waals surface area contributed by atoms with Crippen molar-refractivity contribution < 1.29 is 13.9 Å². The summed E-state index contributed by atoms with van der Waals surface area (Å²) in [5, 5.41) is 15.5. The van der Waals surface area contributed by atoms with Crippen molar-refractivity contribution in [1.29, 1.82) is 0 Å². The third kappa shape index (κ3) is 4.14. The van der Waals surface area contributed by atoms with Crippen LogP contribution in [-0.2, 0) is 0 Å². The molecule has 3 aromatic carbocycles. The van der Waals surface area contributed by atoms with Gasteiger partial charge in [-0.2, -0.15) is 5.10 Å². The Bertz CT molecular complexity index is 1430. The number of halogens is 1. The number of amides is 1. The van der Waals surface area contributed by atoms with E-state index in [9.17, 15) is 9.18 Å². The number of carbonyl (C=O) groups is 1. The molecule has 0 radical (unpaired) electrons. The standard InChI is InChI=1S/C25H18FN5O2/c1-16-23(29-30-24-22(15-27-31(16)24)17-7-9-18(26)10-8-17)25(32)28-19-11-13-21(14-12-19)33-20-5-3-2-4-6-20/h2-15H,1H3,(H,28,32). The Kier molecular flexibility index (Phi) is 5.24. The molecular weight excluding hydrogens is 421 g/mol. The van der Waals surface area contributed by atoms with Crippen LogP contribution in [0.2, 0.25) is 0 Å². The molecule has 33 heavy (non-hydrogen) atoms. The molecule has 2 aromatic heterocycles. The molecule has 0 unspecified atom stereocenters. The molecule has 162 valence electrons. The van der Waals surface area contributed by atoms with Gasteiger partial charge in [0.25, 0.3) is 5.91 Å². The van der Waals surface area contributed by atoms with Gasteiger partial charge in [0.15, 0.2) is 11.3 Å². The topological polar surface area (TPSA) is 81.4 Å². The SMILES string of the molecule is Cc1c(C(=O)Nc2ccc(Oc3ccccc3)cc2)nnc2c(-c3ccc(F)cc3)cnn12. The van der Waals surface area contributed by atoms with Crippen LogP contribution >= 0.6 is 0 Å². The van der Waals surface area contributed by atoms with Crippen LogP contribution in [0.4, 0.5) is 10.1 Å². The monoisotopic (exact) mass is 439 g/mol. The van der Waals surface area contributed by atoms with Gasteiger partial charge in [-0.25, -0.2) is 8.91 Å². The number of carbonyl (C=O) groups excluding carboxylic acids is 1. The Morgan fingerprint density at radius 3 is 2.33 bits per heavy atom. The number of nitrogens with one attached hydrogen (secondary N) is 1. The van der Waals surface area contributed by atoms with Crippen molar-refractivity contribution in [3.05, 3.63) is 102 Å². The summed E-state index contributed by atoms with van der Waals surface area (Å²) < 4.78 is 20.6. The molecule has 7 nitrogen and oxygen atoms in total. The molecule has 0 aliphatic rings. The van der Waals surface area contributed by atoms with Crippen LogP contribution in [0.25, 0.3) is 16.8 Å². The Morgan fingerprint density at radius 2 is 1.61 bits per heavy atom. The van der Waals surface area contributed by atoms with Gasteiger partial charge in [0.2, 0.25) is 0 Å². The predicted molar refractivity (Wildman–Crippen MR) is 122 cm³/mol. The van der Waals surface area contributed by atoms with Crippen molar-refractivity contribution >= 4 is 17.2 Å². The zero-order valence-corrected chi connectivity index (χ0v) is 17.6. The normalized spacial score (nSPS) is 10.8. The van der Waals surface area contributed by atoms with Crippen LogP contribution in [0.15, 0.2) is 85.1 Å². The van der Waals surface area contributed by atoms with Gasteiger partial charge in [0.05, 0.1) is 11.9 Å². The molecule has 0 fully saturated rings. The molecule has 0 bridgehead atoms. The molecule has 0 saturated heterocycles. The third-order valence-corrected chi connectivity index (χ3v) is 5.11. The molecule has 2 heterocycles. The Balaban J connectivity index is 1.35. The summed E-state index contributed by atoms with van der Waals surface area (Å²) in [6.45, 7) is 1.74. The van der Waals surface area contributed by atoms with Crippen LogP contribution in [-0.4, -0.2) is 25.7 Å². The van der Waals surface area contributed by atoms with E-state index >= 15 is 0 Å². The van der Waals surface area contributed by atoms with Gasteiger partial charge in [-0.3, -0.25) is 4.79 Å². The number of anilines is 1. The molecule has 1 amide bonds. The van der Waals surface area contributed by atoms with Crippen molar-refractivity contribution in [2.24, 2.45) is 0 Å². The number of para-hydroxylation sites is 1. The summed E-state index contributed by atoms with van der Waals surface area (Å²) in [6.07, 6.45) is 1.62. The minimum absolute atomic E-state index is 0.154. The summed E-state index contributed by atoms with van der Waals surface area (Å²) in [5.74, 6) is 0.655. The lowest BCUT2D eigenvalue weighted by atomic mass is 10.1. The van der Waals surface area contributed by atoms with E-state index in [1.54, 1.807) is 54.0 Å². The summed E-state index contributed by atoms with van der Waals surface area (Å²) >= 11 is 0. The maximum absolute atomic E-state index is 13.2. The molecule has 5 rings (SSSR count). The van der Waals surface area contributed by atoms with Crippen molar-refractivity contribution in [1.82, 2.24) is 19.8 Å². The molecule has 0 aliphatic heterocycles. The average Bonchev–Trinajstić information content (AvgIpc) is 3.27. The average molecular weight is 439 g/mol. The molecule has 1 N–H and O–H groups in total. The first kappa shape index (κ1) is 20.3. The first-order valence-electron chi connectivity index (χ1n) is 10.2. The van der Waals surface area contributed by atoms with Crippen LogP contribution < -0.4 is 10.1 Å². The zero-order chi connectivity index (χ0) is 22.8. The van der Waals surface area contributed by atoms with E-state index in [4.69, 9.17) is 4.74 Å². The van der Waals surface area contributed by atoms with Crippen molar-refractivity contribution in [3.63, 3.8) is 0 Å². The fourth-order valence-corrected chi connectivity index (χ4v) is 3.42. The molecule has 5 aromatic rings. The summed E-state index contributed by atoms with van der Waals surface area (Å²) in [4.78, 5) is 12.8. The molecule has 0 spiro atoms. The van der Waals surface area contributed by atoms with Crippen LogP contribution in [0.5, 0.6) is 11.5 Å². The fourth-order valence-electron chi connectivity index (χ4n) is 3.42. The van der Waals surface area contributed by atoms with Gasteiger partial charge in [0, 0.05) is 11.3 Å². The number of aryl methyl sites for hydroxylation is 1. The number of hydrogen-bond acceptors (Lipinski definition) is 5. The predicted octanol–water partition coefficient (Wildman–Crippen LogP) is 5.28. The zero-order valence-electron chi connectivity index (χ0n) is 17.6. The number of nitrogens with zero attached hydrogens (tertiary/aromatic N) is 4. The van der Waals surface area contributed by atoms with Gasteiger partial charge >= 0.3 is 0 Å². The van der Waals surface area contributed by atoms with E-state index in [2.05, 4.69) is 20.6 Å². The lowest BCUT2D eigenvalue weighted by Gasteiger charge is -2.09. The van der Waals surface area contributed by atoms with E-state index in [1.165, 1.54) is 12.1 Å². The number of benzene rings is 3. The van der Waals surface area contributed by atoms with Crippen molar-refractivity contribution in [2.75, 3.05) is 5.32 Å². The van der Waals surface area contributed by atoms with Crippen LogP contribution in [0.1, 0.15) is 16.2 Å². The lowest BCUT2D eigenvalue weighted by Crippen LogP contribution is -2.18. The molecule has 0 atom stereocenters. The number of ether oxygens (including phenoxy) is 1. The molecular formula is C25H18FN5O2. The smallest absolute Gasteiger partial charge is 0.278 e. The Hall–Kier alpha value is -4.59. The van der Waals surface area contributed by atoms with E-state index < -0.39 is 5.91 Å². The first-order chi connectivity index (χ1) is 16.1. The van der Waals surface area contributed by atoms with Crippen molar-refractivity contribution in [3.8, 4) is 22.6 Å². The van der Waals surface area contributed by atoms with Gasteiger partial charge in [-0.05, 0) is 61.0 Å². The van der Waals surface area contributed by atoms with Gasteiger partial charge in [0.1, 0.15) is 17.3 Å². The Morgan fingerprint density at radius 1 is 0.909 bits per heavy atom. The number of hydrogen-bond donors (Lipinski definition) is 1. The van der Waals surface area contributed by atoms with Gasteiger partial charge in [-0.15, -0.1) is 10.2 Å². The molecule has 0 saturated carbocycles. The largest absolute Gasteiger partial charge is 0.457 e. The second-order valence-corrected chi connectivity index (χ2v) is 7.33. The number of fused-ring (bicyclic) bond motifs is 1. The van der Waals surface area contributed by atoms with Gasteiger partial charge < -0.3 is 10.1 Å². The number of rotatable bonds is 5. The maximum atomic E-state index is 13.2. The second kappa shape index (κ2) is 8.51. The highest BCUT2D eigenvalue weighted by Crippen LogP contribution is 2.25. The summed E-state index contributed by atoms with van der Waals surface area (Å²) in [7, 11) is 0. The summed E-state index contributed by atoms with van der Waals surface area (Å²) in [6, 6.07) is 22.5. The number of aromatic nitrogens is 4. The van der Waals surface area contributed by atoms with Crippen molar-refractivity contribution in [2.45, 2.75) is 6.92 Å². The highest BCUT2D eigenvalue weighted by molar-refractivity contribution is 6.03. The molecule has 0 aliphatic carbocycles. The molecule has 8 heteroatoms. The van der Waals surface area contributed by atoms with Gasteiger partial charge in [-0.1, -0.05) is 30.3 Å². The van der Waals surface area contributed by atoms with E-state index in [1.807, 2.05) is 30.3 Å². The minimum atomic E-state index is -0.405. The first-order valence-corrected chi connectivity index (χ1v) is 10.2. The lowest BCUT2D eigenvalue weighted by molar-refractivity contribution is 0.102. The van der Waals surface area contributed by atoms with E-state index in [-0.39, 0.29) is 11.5 Å². The quantitative estimate of drug-likeness (QED) is 0.403. The third-order valence-electron chi connectivity index (χ3n) is 5.11. The highest BCUT2D eigenvalue weighted by Gasteiger charge is 2.18. The fraction of sp³-hybridized carbons (Fsp3) is 0.0400. The minimum Gasteiger partial charge on any atom is -0.457 e.